The third-order valence-corrected chi connectivity index (χ3v) is 3.48. The van der Waals surface area contributed by atoms with Crippen LogP contribution in [0.15, 0.2) is 0 Å². The molecule has 0 aromatic heterocycles. The van der Waals surface area contributed by atoms with Crippen LogP contribution in [0.5, 0.6) is 0 Å². The summed E-state index contributed by atoms with van der Waals surface area (Å²) < 4.78 is 0. The fourth-order valence-corrected chi connectivity index (χ4v) is 2.20. The molecule has 2 amide bonds. The van der Waals surface area contributed by atoms with E-state index < -0.39 is 0 Å². The molecular weight excluding hydrogens is 204 g/mol. The van der Waals surface area contributed by atoms with Gasteiger partial charge in [-0.2, -0.15) is 0 Å². The molecule has 3 N–H and O–H groups in total. The lowest BCUT2D eigenvalue weighted by Gasteiger charge is -2.30. The molecule has 4 nitrogen and oxygen atoms in total. The van der Waals surface area contributed by atoms with Gasteiger partial charge in [-0.25, -0.2) is 4.79 Å². The molecule has 1 aliphatic rings. The second kappa shape index (κ2) is 6.74. The Labute approximate surface area is 97.8 Å². The summed E-state index contributed by atoms with van der Waals surface area (Å²) in [6.07, 6.45) is 5.50. The van der Waals surface area contributed by atoms with Crippen molar-refractivity contribution in [3.05, 3.63) is 0 Å². The smallest absolute Gasteiger partial charge is 0.315 e. The Morgan fingerprint density at radius 3 is 2.69 bits per heavy atom. The van der Waals surface area contributed by atoms with Gasteiger partial charge in [-0.15, -0.1) is 0 Å². The van der Waals surface area contributed by atoms with Gasteiger partial charge in [-0.05, 0) is 25.2 Å². The second-order valence-electron chi connectivity index (χ2n) is 4.77. The van der Waals surface area contributed by atoms with Crippen LogP contribution < -0.4 is 10.6 Å². The van der Waals surface area contributed by atoms with Crippen LogP contribution in [0.2, 0.25) is 0 Å². The maximum atomic E-state index is 11.7. The average Bonchev–Trinajstić information content (AvgIpc) is 2.29. The van der Waals surface area contributed by atoms with E-state index in [0.717, 1.165) is 12.8 Å². The number of hydrogen-bond acceptors (Lipinski definition) is 2. The molecule has 4 heteroatoms. The molecule has 0 bridgehead atoms. The number of hydrogen-bond donors (Lipinski definition) is 3. The van der Waals surface area contributed by atoms with Gasteiger partial charge in [0.1, 0.15) is 0 Å². The van der Waals surface area contributed by atoms with Crippen molar-refractivity contribution >= 4 is 6.03 Å². The van der Waals surface area contributed by atoms with Crippen molar-refractivity contribution in [3.8, 4) is 0 Å². The molecule has 1 fully saturated rings. The van der Waals surface area contributed by atoms with Crippen LogP contribution in [-0.4, -0.2) is 29.8 Å². The minimum Gasteiger partial charge on any atom is -0.394 e. The van der Waals surface area contributed by atoms with Crippen LogP contribution in [0, 0.1) is 5.92 Å². The Bertz CT molecular complexity index is 217. The lowest BCUT2D eigenvalue weighted by molar-refractivity contribution is 0.202. The van der Waals surface area contributed by atoms with Gasteiger partial charge >= 0.3 is 6.03 Å². The Balaban J connectivity index is 2.32. The quantitative estimate of drug-likeness (QED) is 0.685. The predicted octanol–water partition coefficient (Wildman–Crippen LogP) is 1.64. The van der Waals surface area contributed by atoms with Crippen molar-refractivity contribution in [2.24, 2.45) is 5.92 Å². The summed E-state index contributed by atoms with van der Waals surface area (Å²) in [5.74, 6) is 0.564. The summed E-state index contributed by atoms with van der Waals surface area (Å²) in [4.78, 5) is 11.7. The Morgan fingerprint density at radius 1 is 1.44 bits per heavy atom. The van der Waals surface area contributed by atoms with Crippen molar-refractivity contribution in [2.75, 3.05) is 6.61 Å². The molecule has 1 saturated carbocycles. The van der Waals surface area contributed by atoms with Crippen molar-refractivity contribution < 1.29 is 9.90 Å². The van der Waals surface area contributed by atoms with Gasteiger partial charge in [0.25, 0.3) is 0 Å². The topological polar surface area (TPSA) is 61.4 Å². The molecule has 1 aliphatic carbocycles. The van der Waals surface area contributed by atoms with Crippen molar-refractivity contribution in [1.82, 2.24) is 10.6 Å². The number of urea groups is 1. The molecule has 0 aromatic rings. The number of carbonyl (C=O) groups excluding carboxylic acids is 1. The highest BCUT2D eigenvalue weighted by molar-refractivity contribution is 5.74. The monoisotopic (exact) mass is 228 g/mol. The van der Waals surface area contributed by atoms with Crippen LogP contribution in [0.1, 0.15) is 46.0 Å². The molecule has 0 aromatic carbocycles. The zero-order valence-electron chi connectivity index (χ0n) is 10.3. The molecular formula is C12H24N2O2. The summed E-state index contributed by atoms with van der Waals surface area (Å²) in [7, 11) is 0. The van der Waals surface area contributed by atoms with Crippen LogP contribution >= 0.6 is 0 Å². The van der Waals surface area contributed by atoms with Gasteiger partial charge in [0.05, 0.1) is 12.6 Å². The third-order valence-electron chi connectivity index (χ3n) is 3.48. The summed E-state index contributed by atoms with van der Waals surface area (Å²) in [5, 5.41) is 14.8. The summed E-state index contributed by atoms with van der Waals surface area (Å²) in [6.45, 7) is 4.14. The number of aliphatic hydroxyl groups excluding tert-OH is 1. The number of amides is 2. The summed E-state index contributed by atoms with van der Waals surface area (Å²) in [5.41, 5.74) is 0. The van der Waals surface area contributed by atoms with Gasteiger partial charge in [0.15, 0.2) is 0 Å². The van der Waals surface area contributed by atoms with Crippen molar-refractivity contribution in [3.63, 3.8) is 0 Å². The Hall–Kier alpha value is -0.770. The first kappa shape index (κ1) is 13.3. The average molecular weight is 228 g/mol. The molecule has 0 spiro atoms. The largest absolute Gasteiger partial charge is 0.394 e. The number of nitrogens with one attached hydrogen (secondary N) is 2. The maximum Gasteiger partial charge on any atom is 0.315 e. The SMILES string of the molecule is CCC(CO)NC(=O)NC1CCCCC1C. The highest BCUT2D eigenvalue weighted by atomic mass is 16.3. The number of carbonyl (C=O) groups is 1. The lowest BCUT2D eigenvalue weighted by Crippen LogP contribution is -2.49. The maximum absolute atomic E-state index is 11.7. The predicted molar refractivity (Wildman–Crippen MR) is 64.3 cm³/mol. The molecule has 94 valence electrons. The molecule has 16 heavy (non-hydrogen) atoms. The van der Waals surface area contributed by atoms with Gasteiger partial charge in [-0.1, -0.05) is 26.7 Å². The standard InChI is InChI=1S/C12H24N2O2/c1-3-10(8-15)13-12(16)14-11-7-5-4-6-9(11)2/h9-11,15H,3-8H2,1-2H3,(H2,13,14,16). The van der Waals surface area contributed by atoms with Crippen LogP contribution in [0.4, 0.5) is 4.79 Å². The molecule has 0 radical (unpaired) electrons. The second-order valence-corrected chi connectivity index (χ2v) is 4.77. The normalized spacial score (nSPS) is 27.2. The number of aliphatic hydroxyl groups is 1. The summed E-state index contributed by atoms with van der Waals surface area (Å²) >= 11 is 0. The van der Waals surface area contributed by atoms with E-state index in [4.69, 9.17) is 5.11 Å². The number of rotatable bonds is 4. The zero-order chi connectivity index (χ0) is 12.0. The van der Waals surface area contributed by atoms with E-state index in [1.165, 1.54) is 19.3 Å². The Kier molecular flexibility index (Phi) is 5.60. The van der Waals surface area contributed by atoms with Crippen LogP contribution in [-0.2, 0) is 0 Å². The zero-order valence-corrected chi connectivity index (χ0v) is 10.3. The molecule has 3 unspecified atom stereocenters. The first-order chi connectivity index (χ1) is 7.67. The molecule has 3 atom stereocenters. The highest BCUT2D eigenvalue weighted by Crippen LogP contribution is 2.23. The van der Waals surface area contributed by atoms with Crippen molar-refractivity contribution in [2.45, 2.75) is 58.0 Å². The minimum absolute atomic E-state index is 0.00411. The highest BCUT2D eigenvalue weighted by Gasteiger charge is 2.23. The fourth-order valence-electron chi connectivity index (χ4n) is 2.20. The van der Waals surface area contributed by atoms with Crippen LogP contribution in [0.25, 0.3) is 0 Å². The van der Waals surface area contributed by atoms with Crippen molar-refractivity contribution in [1.29, 1.82) is 0 Å². The van der Waals surface area contributed by atoms with E-state index in [9.17, 15) is 4.79 Å². The minimum atomic E-state index is -0.139. The third kappa shape index (κ3) is 4.00. The van der Waals surface area contributed by atoms with E-state index in [1.807, 2.05) is 6.92 Å². The van der Waals surface area contributed by atoms with E-state index in [-0.39, 0.29) is 18.7 Å². The van der Waals surface area contributed by atoms with Gasteiger partial charge in [0.2, 0.25) is 0 Å². The van der Waals surface area contributed by atoms with E-state index in [2.05, 4.69) is 17.6 Å². The van der Waals surface area contributed by atoms with Gasteiger partial charge in [-0.3, -0.25) is 0 Å². The molecule has 0 heterocycles. The lowest BCUT2D eigenvalue weighted by atomic mass is 9.86. The molecule has 0 saturated heterocycles. The fraction of sp³-hybridized carbons (Fsp3) is 0.917. The van der Waals surface area contributed by atoms with Gasteiger partial charge in [0, 0.05) is 6.04 Å². The Morgan fingerprint density at radius 2 is 2.12 bits per heavy atom. The molecule has 1 rings (SSSR count). The molecule has 0 aliphatic heterocycles. The van der Waals surface area contributed by atoms with Crippen LogP contribution in [0.3, 0.4) is 0 Å². The summed E-state index contributed by atoms with van der Waals surface area (Å²) in [6, 6.07) is 0.0310. The first-order valence-corrected chi connectivity index (χ1v) is 6.35. The van der Waals surface area contributed by atoms with E-state index in [0.29, 0.717) is 12.0 Å². The first-order valence-electron chi connectivity index (χ1n) is 6.35. The van der Waals surface area contributed by atoms with E-state index in [1.54, 1.807) is 0 Å². The van der Waals surface area contributed by atoms with E-state index >= 15 is 0 Å². The van der Waals surface area contributed by atoms with Gasteiger partial charge < -0.3 is 15.7 Å².